The summed E-state index contributed by atoms with van der Waals surface area (Å²) in [5, 5.41) is 13.1. The summed E-state index contributed by atoms with van der Waals surface area (Å²) in [5.74, 6) is 2.52. The topological polar surface area (TPSA) is 64.1 Å². The minimum absolute atomic E-state index is 0.337. The molecule has 3 aromatic rings. The summed E-state index contributed by atoms with van der Waals surface area (Å²) in [7, 11) is 0. The van der Waals surface area contributed by atoms with Gasteiger partial charge in [0.05, 0.1) is 6.54 Å². The minimum Gasteiger partial charge on any atom is -0.295 e. The molecule has 7 heteroatoms. The van der Waals surface area contributed by atoms with Gasteiger partial charge in [-0.25, -0.2) is 9.67 Å². The Kier molecular flexibility index (Phi) is 4.02. The van der Waals surface area contributed by atoms with Gasteiger partial charge in [-0.1, -0.05) is 6.07 Å². The number of nitrogens with zero attached hydrogens (tertiary/aromatic N) is 7. The van der Waals surface area contributed by atoms with Crippen molar-refractivity contribution in [2.24, 2.45) is 0 Å². The van der Waals surface area contributed by atoms with E-state index in [-0.39, 0.29) is 0 Å². The highest BCUT2D eigenvalue weighted by Gasteiger charge is 2.26. The molecule has 0 amide bonds. The van der Waals surface area contributed by atoms with Crippen molar-refractivity contribution in [2.45, 2.75) is 45.2 Å². The summed E-state index contributed by atoms with van der Waals surface area (Å²) in [6, 6.07) is 6.37. The maximum absolute atomic E-state index is 4.45. The van der Waals surface area contributed by atoms with Crippen LogP contribution in [0, 0.1) is 0 Å². The molecule has 1 aliphatic heterocycles. The van der Waals surface area contributed by atoms with Crippen LogP contribution in [-0.2, 0) is 6.54 Å². The molecule has 4 heterocycles. The number of fused-ring (bicyclic) bond motifs is 1. The lowest BCUT2D eigenvalue weighted by Gasteiger charge is -2.31. The van der Waals surface area contributed by atoms with E-state index < -0.39 is 0 Å². The largest absolute Gasteiger partial charge is 0.295 e. The maximum atomic E-state index is 4.45. The van der Waals surface area contributed by atoms with Gasteiger partial charge in [0.25, 0.3) is 0 Å². The van der Waals surface area contributed by atoms with Crippen molar-refractivity contribution >= 4 is 5.65 Å². The fraction of sp³-hybridized carbons (Fsp3) is 0.529. The van der Waals surface area contributed by atoms with Crippen LogP contribution in [0.2, 0.25) is 0 Å². The molecule has 0 radical (unpaired) electrons. The van der Waals surface area contributed by atoms with Crippen LogP contribution in [-0.4, -0.2) is 47.4 Å². The van der Waals surface area contributed by atoms with Gasteiger partial charge in [-0.2, -0.15) is 5.10 Å². The van der Waals surface area contributed by atoms with E-state index in [1.54, 1.807) is 6.33 Å². The first-order valence-corrected chi connectivity index (χ1v) is 8.63. The van der Waals surface area contributed by atoms with Gasteiger partial charge in [-0.3, -0.25) is 9.30 Å². The third-order valence-corrected chi connectivity index (χ3v) is 4.71. The van der Waals surface area contributed by atoms with E-state index >= 15 is 0 Å². The number of hydrogen-bond donors (Lipinski definition) is 0. The fourth-order valence-corrected chi connectivity index (χ4v) is 3.57. The molecule has 0 aliphatic carbocycles. The molecule has 0 saturated carbocycles. The Bertz CT molecular complexity index is 819. The molecular weight excluding hydrogens is 302 g/mol. The molecule has 1 unspecified atom stereocenters. The van der Waals surface area contributed by atoms with E-state index in [9.17, 15) is 0 Å². The average molecular weight is 325 g/mol. The second-order valence-corrected chi connectivity index (χ2v) is 6.78. The minimum atomic E-state index is 0.337. The first kappa shape index (κ1) is 15.3. The quantitative estimate of drug-likeness (QED) is 0.736. The normalized spacial score (nSPS) is 19.4. The van der Waals surface area contributed by atoms with E-state index in [1.807, 2.05) is 22.9 Å². The third-order valence-electron chi connectivity index (χ3n) is 4.71. The van der Waals surface area contributed by atoms with Gasteiger partial charge >= 0.3 is 0 Å². The molecule has 0 aromatic carbocycles. The highest BCUT2D eigenvalue weighted by molar-refractivity contribution is 5.37. The molecule has 24 heavy (non-hydrogen) atoms. The van der Waals surface area contributed by atoms with Crippen molar-refractivity contribution in [3.05, 3.63) is 42.4 Å². The van der Waals surface area contributed by atoms with E-state index in [4.69, 9.17) is 0 Å². The van der Waals surface area contributed by atoms with E-state index in [1.165, 1.54) is 6.42 Å². The standard InChI is InChI=1S/C17H23N7/c1-13(2)24-16(18-12-19-24)11-22-8-5-6-14(10-22)17-21-20-15-7-3-4-9-23(15)17/h3-4,7,9,12-14H,5-6,8,10-11H2,1-2H3. The molecule has 0 N–H and O–H groups in total. The highest BCUT2D eigenvalue weighted by atomic mass is 15.4. The molecule has 7 nitrogen and oxygen atoms in total. The zero-order chi connectivity index (χ0) is 16.5. The third kappa shape index (κ3) is 2.80. The number of piperidine rings is 1. The van der Waals surface area contributed by atoms with E-state index in [2.05, 4.69) is 49.6 Å². The second-order valence-electron chi connectivity index (χ2n) is 6.78. The monoisotopic (exact) mass is 325 g/mol. The summed E-state index contributed by atoms with van der Waals surface area (Å²) < 4.78 is 4.13. The van der Waals surface area contributed by atoms with Crippen LogP contribution in [0.25, 0.3) is 5.65 Å². The van der Waals surface area contributed by atoms with E-state index in [0.717, 1.165) is 43.4 Å². The Labute approximate surface area is 141 Å². The van der Waals surface area contributed by atoms with Crippen molar-refractivity contribution < 1.29 is 0 Å². The van der Waals surface area contributed by atoms with Gasteiger partial charge in [0, 0.05) is 24.7 Å². The molecule has 1 aliphatic rings. The Balaban J connectivity index is 1.52. The van der Waals surface area contributed by atoms with Crippen LogP contribution >= 0.6 is 0 Å². The molecular formula is C17H23N7. The SMILES string of the molecule is CC(C)n1ncnc1CN1CCCC(c2nnc3ccccn23)C1. The van der Waals surface area contributed by atoms with Gasteiger partial charge in [-0.15, -0.1) is 10.2 Å². The molecule has 1 saturated heterocycles. The lowest BCUT2D eigenvalue weighted by Crippen LogP contribution is -2.35. The van der Waals surface area contributed by atoms with Gasteiger partial charge in [-0.05, 0) is 45.4 Å². The molecule has 0 spiro atoms. The first-order valence-electron chi connectivity index (χ1n) is 8.63. The smallest absolute Gasteiger partial charge is 0.160 e. The van der Waals surface area contributed by atoms with Gasteiger partial charge in [0.15, 0.2) is 5.65 Å². The predicted molar refractivity (Wildman–Crippen MR) is 90.6 cm³/mol. The molecule has 126 valence electrons. The first-order chi connectivity index (χ1) is 11.7. The van der Waals surface area contributed by atoms with Crippen LogP contribution in [0.5, 0.6) is 0 Å². The lowest BCUT2D eigenvalue weighted by molar-refractivity contribution is 0.187. The Morgan fingerprint density at radius 3 is 3.04 bits per heavy atom. The van der Waals surface area contributed by atoms with Crippen molar-refractivity contribution in [1.82, 2.24) is 34.3 Å². The lowest BCUT2D eigenvalue weighted by atomic mass is 9.97. The summed E-state index contributed by atoms with van der Waals surface area (Å²) in [6.07, 6.45) is 6.03. The zero-order valence-corrected chi connectivity index (χ0v) is 14.2. The predicted octanol–water partition coefficient (Wildman–Crippen LogP) is 2.28. The summed E-state index contributed by atoms with van der Waals surface area (Å²) in [5.41, 5.74) is 0.921. The summed E-state index contributed by atoms with van der Waals surface area (Å²) in [6.45, 7) is 7.20. The average Bonchev–Trinajstić information content (AvgIpc) is 3.21. The molecule has 1 atom stereocenters. The maximum Gasteiger partial charge on any atom is 0.160 e. The van der Waals surface area contributed by atoms with Crippen LogP contribution in [0.4, 0.5) is 0 Å². The number of hydrogen-bond acceptors (Lipinski definition) is 5. The van der Waals surface area contributed by atoms with Crippen LogP contribution in [0.15, 0.2) is 30.7 Å². The summed E-state index contributed by atoms with van der Waals surface area (Å²) >= 11 is 0. The number of likely N-dealkylation sites (tertiary alicyclic amines) is 1. The van der Waals surface area contributed by atoms with Crippen molar-refractivity contribution in [3.63, 3.8) is 0 Å². The Morgan fingerprint density at radius 2 is 2.17 bits per heavy atom. The van der Waals surface area contributed by atoms with Gasteiger partial charge in [0.1, 0.15) is 18.0 Å². The number of aromatic nitrogens is 6. The van der Waals surface area contributed by atoms with Crippen molar-refractivity contribution in [1.29, 1.82) is 0 Å². The van der Waals surface area contributed by atoms with Crippen LogP contribution in [0.1, 0.15) is 50.3 Å². The number of rotatable bonds is 4. The van der Waals surface area contributed by atoms with Crippen LogP contribution in [0.3, 0.4) is 0 Å². The molecule has 0 bridgehead atoms. The van der Waals surface area contributed by atoms with E-state index in [0.29, 0.717) is 12.0 Å². The highest BCUT2D eigenvalue weighted by Crippen LogP contribution is 2.27. The Hall–Kier alpha value is -2.28. The second kappa shape index (κ2) is 6.32. The van der Waals surface area contributed by atoms with Crippen molar-refractivity contribution in [2.75, 3.05) is 13.1 Å². The molecule has 3 aromatic heterocycles. The van der Waals surface area contributed by atoms with Crippen LogP contribution < -0.4 is 0 Å². The Morgan fingerprint density at radius 1 is 1.25 bits per heavy atom. The molecule has 4 rings (SSSR count). The molecule has 1 fully saturated rings. The van der Waals surface area contributed by atoms with Crippen molar-refractivity contribution in [3.8, 4) is 0 Å². The fourth-order valence-electron chi connectivity index (χ4n) is 3.57. The van der Waals surface area contributed by atoms with Gasteiger partial charge in [0.2, 0.25) is 0 Å². The van der Waals surface area contributed by atoms with Gasteiger partial charge < -0.3 is 0 Å². The zero-order valence-electron chi connectivity index (χ0n) is 14.2. The number of pyridine rings is 1. The summed E-state index contributed by atoms with van der Waals surface area (Å²) in [4.78, 5) is 6.91.